The summed E-state index contributed by atoms with van der Waals surface area (Å²) in [5.74, 6) is 0.803. The Bertz CT molecular complexity index is 375. The molecule has 17 heavy (non-hydrogen) atoms. The number of aryl methyl sites for hydroxylation is 1. The zero-order chi connectivity index (χ0) is 12.3. The van der Waals surface area contributed by atoms with Crippen molar-refractivity contribution in [1.29, 1.82) is 0 Å². The second kappa shape index (κ2) is 5.90. The largest absolute Gasteiger partial charge is 0.382 e. The topological polar surface area (TPSA) is 12.0 Å². The number of rotatable bonds is 3. The van der Waals surface area contributed by atoms with Crippen LogP contribution in [0.1, 0.15) is 45.1 Å². The highest BCUT2D eigenvalue weighted by Gasteiger charge is 2.21. The van der Waals surface area contributed by atoms with Gasteiger partial charge in [0.25, 0.3) is 0 Å². The van der Waals surface area contributed by atoms with Gasteiger partial charge in [0, 0.05) is 16.2 Å². The van der Waals surface area contributed by atoms with Crippen molar-refractivity contribution in [3.63, 3.8) is 0 Å². The third-order valence-electron chi connectivity index (χ3n) is 3.90. The Labute approximate surface area is 113 Å². The van der Waals surface area contributed by atoms with Crippen LogP contribution in [0.25, 0.3) is 0 Å². The predicted octanol–water partition coefficient (Wildman–Crippen LogP) is 5.00. The number of hydrogen-bond acceptors (Lipinski definition) is 1. The fourth-order valence-corrected chi connectivity index (χ4v) is 3.13. The first-order valence-corrected chi connectivity index (χ1v) is 7.55. The predicted molar refractivity (Wildman–Crippen MR) is 78.6 cm³/mol. The number of halogens is 1. The third kappa shape index (κ3) is 3.25. The Morgan fingerprint density at radius 2 is 2.06 bits per heavy atom. The van der Waals surface area contributed by atoms with Crippen LogP contribution < -0.4 is 5.32 Å². The molecule has 2 heteroatoms. The molecule has 1 fully saturated rings. The Morgan fingerprint density at radius 3 is 2.76 bits per heavy atom. The van der Waals surface area contributed by atoms with Crippen LogP contribution in [0.15, 0.2) is 22.7 Å². The van der Waals surface area contributed by atoms with Gasteiger partial charge in [-0.2, -0.15) is 0 Å². The molecule has 1 N–H and O–H groups in total. The van der Waals surface area contributed by atoms with E-state index in [-0.39, 0.29) is 0 Å². The second-order valence-electron chi connectivity index (χ2n) is 5.17. The quantitative estimate of drug-likeness (QED) is 0.827. The summed E-state index contributed by atoms with van der Waals surface area (Å²) >= 11 is 3.55. The molecule has 0 bridgehead atoms. The van der Waals surface area contributed by atoms with Gasteiger partial charge >= 0.3 is 0 Å². The van der Waals surface area contributed by atoms with Gasteiger partial charge in [-0.05, 0) is 48.9 Å². The van der Waals surface area contributed by atoms with Gasteiger partial charge < -0.3 is 5.32 Å². The fraction of sp³-hybridized carbons (Fsp3) is 0.600. The van der Waals surface area contributed by atoms with E-state index in [0.717, 1.165) is 12.3 Å². The van der Waals surface area contributed by atoms with Crippen molar-refractivity contribution in [2.75, 3.05) is 5.32 Å². The lowest BCUT2D eigenvalue weighted by molar-refractivity contribution is 0.349. The molecule has 0 radical (unpaired) electrons. The Kier molecular flexibility index (Phi) is 4.49. The molecule has 1 aromatic rings. The second-order valence-corrected chi connectivity index (χ2v) is 6.08. The number of nitrogens with one attached hydrogen (secondary N) is 1. The van der Waals surface area contributed by atoms with Crippen molar-refractivity contribution < 1.29 is 0 Å². The van der Waals surface area contributed by atoms with E-state index in [1.165, 1.54) is 41.4 Å². The lowest BCUT2D eigenvalue weighted by Crippen LogP contribution is -2.30. The van der Waals surface area contributed by atoms with Gasteiger partial charge in [-0.3, -0.25) is 0 Å². The normalized spacial score (nSPS) is 24.6. The first kappa shape index (κ1) is 12.9. The van der Waals surface area contributed by atoms with E-state index in [2.05, 4.69) is 53.3 Å². The molecular weight excluding hydrogens is 274 g/mol. The summed E-state index contributed by atoms with van der Waals surface area (Å²) in [7, 11) is 0. The molecule has 0 aromatic heterocycles. The fourth-order valence-electron chi connectivity index (χ4n) is 2.73. The smallest absolute Gasteiger partial charge is 0.0375 e. The van der Waals surface area contributed by atoms with Gasteiger partial charge in [0.1, 0.15) is 0 Å². The van der Waals surface area contributed by atoms with Gasteiger partial charge in [0.05, 0.1) is 0 Å². The van der Waals surface area contributed by atoms with Gasteiger partial charge in [0.15, 0.2) is 0 Å². The lowest BCUT2D eigenvalue weighted by Gasteiger charge is -2.31. The molecular formula is C15H22BrN. The standard InChI is InChI=1S/C15H22BrN/c1-3-12-10-13(16)8-9-15(12)17-14-7-5-4-6-11(14)2/h8-11,14,17H,3-7H2,1-2H3. The molecule has 0 saturated heterocycles. The molecule has 0 aliphatic heterocycles. The summed E-state index contributed by atoms with van der Waals surface area (Å²) in [5.41, 5.74) is 2.74. The van der Waals surface area contributed by atoms with Crippen molar-refractivity contribution in [2.45, 2.75) is 52.0 Å². The van der Waals surface area contributed by atoms with Gasteiger partial charge in [0.2, 0.25) is 0 Å². The lowest BCUT2D eigenvalue weighted by atomic mass is 9.85. The first-order valence-electron chi connectivity index (χ1n) is 6.75. The molecule has 1 aliphatic rings. The van der Waals surface area contributed by atoms with E-state index in [9.17, 15) is 0 Å². The molecule has 2 atom stereocenters. The third-order valence-corrected chi connectivity index (χ3v) is 4.39. The Hall–Kier alpha value is -0.500. The molecule has 1 nitrogen and oxygen atoms in total. The molecule has 2 rings (SSSR count). The van der Waals surface area contributed by atoms with E-state index < -0.39 is 0 Å². The summed E-state index contributed by atoms with van der Waals surface area (Å²) in [6.45, 7) is 4.60. The minimum atomic E-state index is 0.662. The van der Waals surface area contributed by atoms with Crippen LogP contribution in [0.2, 0.25) is 0 Å². The maximum absolute atomic E-state index is 3.76. The highest BCUT2D eigenvalue weighted by Crippen LogP contribution is 2.29. The zero-order valence-electron chi connectivity index (χ0n) is 10.8. The van der Waals surface area contributed by atoms with Crippen molar-refractivity contribution in [3.8, 4) is 0 Å². The summed E-state index contributed by atoms with van der Waals surface area (Å²) < 4.78 is 1.18. The Balaban J connectivity index is 2.11. The zero-order valence-corrected chi connectivity index (χ0v) is 12.4. The van der Waals surface area contributed by atoms with Crippen molar-refractivity contribution in [1.82, 2.24) is 0 Å². The molecule has 1 aliphatic carbocycles. The number of hydrogen-bond donors (Lipinski definition) is 1. The highest BCUT2D eigenvalue weighted by atomic mass is 79.9. The van der Waals surface area contributed by atoms with E-state index in [0.29, 0.717) is 6.04 Å². The molecule has 0 spiro atoms. The molecule has 94 valence electrons. The van der Waals surface area contributed by atoms with Crippen LogP contribution in [0.4, 0.5) is 5.69 Å². The van der Waals surface area contributed by atoms with Crippen LogP contribution in [0, 0.1) is 5.92 Å². The average molecular weight is 296 g/mol. The summed E-state index contributed by atoms with van der Waals surface area (Å²) in [6.07, 6.45) is 6.55. The molecule has 0 heterocycles. The first-order chi connectivity index (χ1) is 8.20. The van der Waals surface area contributed by atoms with Crippen LogP contribution >= 0.6 is 15.9 Å². The van der Waals surface area contributed by atoms with Crippen molar-refractivity contribution >= 4 is 21.6 Å². The molecule has 0 amide bonds. The average Bonchev–Trinajstić information content (AvgIpc) is 2.34. The Morgan fingerprint density at radius 1 is 1.29 bits per heavy atom. The molecule has 1 aromatic carbocycles. The van der Waals surface area contributed by atoms with Gasteiger partial charge in [-0.15, -0.1) is 0 Å². The van der Waals surface area contributed by atoms with Crippen molar-refractivity contribution in [2.24, 2.45) is 5.92 Å². The number of anilines is 1. The SMILES string of the molecule is CCc1cc(Br)ccc1NC1CCCCC1C. The van der Waals surface area contributed by atoms with E-state index in [1.807, 2.05) is 0 Å². The van der Waals surface area contributed by atoms with E-state index in [1.54, 1.807) is 0 Å². The minimum absolute atomic E-state index is 0.662. The van der Waals surface area contributed by atoms with Crippen LogP contribution in [-0.2, 0) is 6.42 Å². The highest BCUT2D eigenvalue weighted by molar-refractivity contribution is 9.10. The minimum Gasteiger partial charge on any atom is -0.382 e. The van der Waals surface area contributed by atoms with E-state index >= 15 is 0 Å². The molecule has 1 saturated carbocycles. The summed E-state index contributed by atoms with van der Waals surface area (Å²) in [5, 5.41) is 3.76. The van der Waals surface area contributed by atoms with Crippen LogP contribution in [-0.4, -0.2) is 6.04 Å². The van der Waals surface area contributed by atoms with E-state index in [4.69, 9.17) is 0 Å². The maximum Gasteiger partial charge on any atom is 0.0375 e. The van der Waals surface area contributed by atoms with Crippen molar-refractivity contribution in [3.05, 3.63) is 28.2 Å². The van der Waals surface area contributed by atoms with Crippen LogP contribution in [0.3, 0.4) is 0 Å². The summed E-state index contributed by atoms with van der Waals surface area (Å²) in [4.78, 5) is 0. The monoisotopic (exact) mass is 295 g/mol. The van der Waals surface area contributed by atoms with Gasteiger partial charge in [-0.1, -0.05) is 42.6 Å². The van der Waals surface area contributed by atoms with Gasteiger partial charge in [-0.25, -0.2) is 0 Å². The summed E-state index contributed by atoms with van der Waals surface area (Å²) in [6, 6.07) is 7.24. The number of benzene rings is 1. The molecule has 2 unspecified atom stereocenters. The van der Waals surface area contributed by atoms with Crippen LogP contribution in [0.5, 0.6) is 0 Å². The maximum atomic E-state index is 3.76.